The second-order valence-corrected chi connectivity index (χ2v) is 7.78. The summed E-state index contributed by atoms with van der Waals surface area (Å²) in [6.07, 6.45) is 13.5. The Morgan fingerprint density at radius 3 is 2.34 bits per heavy atom. The molecule has 29 heavy (non-hydrogen) atoms. The number of hydrogen-bond donors (Lipinski definition) is 1. The van der Waals surface area contributed by atoms with Crippen LogP contribution in [0.5, 0.6) is 0 Å². The van der Waals surface area contributed by atoms with E-state index in [1.807, 2.05) is 13.8 Å². The summed E-state index contributed by atoms with van der Waals surface area (Å²) in [6, 6.07) is 0. The largest absolute Gasteiger partial charge is 0.494 e. The molecule has 0 aromatic carbocycles. The van der Waals surface area contributed by atoms with E-state index in [0.29, 0.717) is 6.42 Å². The highest BCUT2D eigenvalue weighted by atomic mass is 16.5. The van der Waals surface area contributed by atoms with Gasteiger partial charge in [-0.3, -0.25) is 4.79 Å². The Kier molecular flexibility index (Phi) is 10.7. The Bertz CT molecular complexity index is 706. The SMILES string of the molecule is CC=CC(=CC)CC(C)=CCCC(C)=CCC1C(C)C(=O)C(OC)=C(OC)C1O. The van der Waals surface area contributed by atoms with Gasteiger partial charge in [0.15, 0.2) is 5.76 Å². The van der Waals surface area contributed by atoms with Crippen LogP contribution in [0.25, 0.3) is 0 Å². The summed E-state index contributed by atoms with van der Waals surface area (Å²) in [6.45, 7) is 10.2. The number of ether oxygens (including phenoxy) is 2. The topological polar surface area (TPSA) is 55.8 Å². The highest BCUT2D eigenvalue weighted by molar-refractivity contribution is 5.97. The van der Waals surface area contributed by atoms with E-state index in [1.165, 1.54) is 30.9 Å². The number of rotatable bonds is 10. The van der Waals surface area contributed by atoms with Crippen LogP contribution in [0.4, 0.5) is 0 Å². The summed E-state index contributed by atoms with van der Waals surface area (Å²) in [5.41, 5.74) is 3.96. The van der Waals surface area contributed by atoms with Crippen LogP contribution in [0.15, 0.2) is 58.6 Å². The molecule has 1 aliphatic rings. The summed E-state index contributed by atoms with van der Waals surface area (Å²) in [5, 5.41) is 10.7. The van der Waals surface area contributed by atoms with Crippen molar-refractivity contribution in [1.82, 2.24) is 0 Å². The van der Waals surface area contributed by atoms with Gasteiger partial charge < -0.3 is 14.6 Å². The molecule has 0 saturated heterocycles. The van der Waals surface area contributed by atoms with Crippen LogP contribution >= 0.6 is 0 Å². The van der Waals surface area contributed by atoms with Gasteiger partial charge >= 0.3 is 0 Å². The van der Waals surface area contributed by atoms with Gasteiger partial charge in [0, 0.05) is 11.8 Å². The van der Waals surface area contributed by atoms with E-state index in [1.54, 1.807) is 0 Å². The molecule has 0 radical (unpaired) electrons. The van der Waals surface area contributed by atoms with Crippen LogP contribution in [-0.2, 0) is 14.3 Å². The average Bonchev–Trinajstić information content (AvgIpc) is 2.69. The summed E-state index contributed by atoms with van der Waals surface area (Å²) in [4.78, 5) is 12.5. The fraction of sp³-hybridized carbons (Fsp3) is 0.560. The molecule has 3 unspecified atom stereocenters. The lowest BCUT2D eigenvalue weighted by atomic mass is 9.77. The minimum atomic E-state index is -0.834. The standard InChI is InChI=1S/C25H38O4/c1-8-11-20(9-2)16-18(4)13-10-12-17(3)14-15-21-19(5)22(26)24(28-6)25(29-7)23(21)27/h8-9,11,13-14,19,21,23,27H,10,12,15-16H2,1-7H3. The monoisotopic (exact) mass is 402 g/mol. The van der Waals surface area contributed by atoms with Gasteiger partial charge in [-0.2, -0.15) is 0 Å². The van der Waals surface area contributed by atoms with Crippen LogP contribution in [0.3, 0.4) is 0 Å². The van der Waals surface area contributed by atoms with E-state index >= 15 is 0 Å². The Labute approximate surface area is 176 Å². The molecule has 0 fully saturated rings. The molecule has 0 heterocycles. The Morgan fingerprint density at radius 2 is 1.79 bits per heavy atom. The lowest BCUT2D eigenvalue weighted by Gasteiger charge is -2.33. The maximum atomic E-state index is 12.5. The van der Waals surface area contributed by atoms with E-state index in [0.717, 1.165) is 19.3 Å². The average molecular weight is 403 g/mol. The van der Waals surface area contributed by atoms with Gasteiger partial charge in [0.1, 0.15) is 6.10 Å². The van der Waals surface area contributed by atoms with Crippen molar-refractivity contribution in [2.24, 2.45) is 11.8 Å². The van der Waals surface area contributed by atoms with Crippen LogP contribution in [-0.4, -0.2) is 31.2 Å². The van der Waals surface area contributed by atoms with Crippen molar-refractivity contribution in [2.75, 3.05) is 14.2 Å². The zero-order valence-corrected chi connectivity index (χ0v) is 19.1. The number of Topliss-reactive ketones (excluding diaryl/α,β-unsaturated/α-hetero) is 1. The molecule has 4 nitrogen and oxygen atoms in total. The van der Waals surface area contributed by atoms with Gasteiger partial charge in [-0.25, -0.2) is 0 Å². The zero-order valence-electron chi connectivity index (χ0n) is 19.1. The van der Waals surface area contributed by atoms with Crippen molar-refractivity contribution in [3.63, 3.8) is 0 Å². The number of methoxy groups -OCH3 is 2. The third-order valence-corrected chi connectivity index (χ3v) is 5.61. The van der Waals surface area contributed by atoms with Crippen LogP contribution in [0, 0.1) is 11.8 Å². The van der Waals surface area contributed by atoms with E-state index in [2.05, 4.69) is 51.2 Å². The van der Waals surface area contributed by atoms with Crippen molar-refractivity contribution in [3.8, 4) is 0 Å². The minimum Gasteiger partial charge on any atom is -0.494 e. The maximum absolute atomic E-state index is 12.5. The van der Waals surface area contributed by atoms with Gasteiger partial charge in [-0.1, -0.05) is 48.5 Å². The summed E-state index contributed by atoms with van der Waals surface area (Å²) in [5.74, 6) is -0.239. The van der Waals surface area contributed by atoms with Gasteiger partial charge in [0.05, 0.1) is 14.2 Å². The molecule has 0 aromatic heterocycles. The molecule has 0 aliphatic heterocycles. The number of carbonyl (C=O) groups is 1. The number of ketones is 1. The Morgan fingerprint density at radius 1 is 1.10 bits per heavy atom. The normalized spacial score (nSPS) is 24.5. The molecule has 1 N–H and O–H groups in total. The molecule has 0 spiro atoms. The quantitative estimate of drug-likeness (QED) is 0.378. The molecule has 4 heteroatoms. The van der Waals surface area contributed by atoms with Gasteiger partial charge in [-0.15, -0.1) is 0 Å². The smallest absolute Gasteiger partial charge is 0.204 e. The third kappa shape index (κ3) is 7.04. The summed E-state index contributed by atoms with van der Waals surface area (Å²) >= 11 is 0. The van der Waals surface area contributed by atoms with Crippen molar-refractivity contribution < 1.29 is 19.4 Å². The summed E-state index contributed by atoms with van der Waals surface area (Å²) in [7, 11) is 2.90. The van der Waals surface area contributed by atoms with E-state index in [9.17, 15) is 9.90 Å². The fourth-order valence-corrected chi connectivity index (χ4v) is 3.72. The molecule has 3 atom stereocenters. The van der Waals surface area contributed by atoms with Crippen molar-refractivity contribution in [2.45, 2.75) is 66.4 Å². The number of aliphatic hydroxyl groups is 1. The first-order valence-electron chi connectivity index (χ1n) is 10.4. The van der Waals surface area contributed by atoms with Gasteiger partial charge in [0.25, 0.3) is 0 Å². The fourth-order valence-electron chi connectivity index (χ4n) is 3.72. The van der Waals surface area contributed by atoms with Crippen LogP contribution in [0.2, 0.25) is 0 Å². The molecular weight excluding hydrogens is 364 g/mol. The molecular formula is C25H38O4. The predicted molar refractivity (Wildman–Crippen MR) is 119 cm³/mol. The first kappa shape index (κ1) is 25.0. The third-order valence-electron chi connectivity index (χ3n) is 5.61. The number of carbonyl (C=O) groups excluding carboxylic acids is 1. The number of hydrogen-bond acceptors (Lipinski definition) is 4. The van der Waals surface area contributed by atoms with E-state index in [4.69, 9.17) is 9.47 Å². The van der Waals surface area contributed by atoms with Crippen molar-refractivity contribution >= 4 is 5.78 Å². The molecule has 162 valence electrons. The second-order valence-electron chi connectivity index (χ2n) is 7.78. The zero-order chi connectivity index (χ0) is 22.0. The van der Waals surface area contributed by atoms with Crippen molar-refractivity contribution in [3.05, 3.63) is 58.6 Å². The number of allylic oxidation sites excluding steroid dienone is 9. The van der Waals surface area contributed by atoms with Crippen molar-refractivity contribution in [1.29, 1.82) is 0 Å². The van der Waals surface area contributed by atoms with E-state index < -0.39 is 6.10 Å². The highest BCUT2D eigenvalue weighted by Crippen LogP contribution is 2.35. The molecule has 0 bridgehead atoms. The molecule has 0 aromatic rings. The molecule has 0 saturated carbocycles. The van der Waals surface area contributed by atoms with Crippen LogP contribution in [0.1, 0.15) is 60.3 Å². The first-order valence-corrected chi connectivity index (χ1v) is 10.4. The molecule has 1 rings (SSSR count). The van der Waals surface area contributed by atoms with E-state index in [-0.39, 0.29) is 29.1 Å². The lowest BCUT2D eigenvalue weighted by Crippen LogP contribution is -2.40. The summed E-state index contributed by atoms with van der Waals surface area (Å²) < 4.78 is 10.4. The molecule has 1 aliphatic carbocycles. The lowest BCUT2D eigenvalue weighted by molar-refractivity contribution is -0.128. The second kappa shape index (κ2) is 12.5. The highest BCUT2D eigenvalue weighted by Gasteiger charge is 2.42. The van der Waals surface area contributed by atoms with Crippen LogP contribution < -0.4 is 0 Å². The minimum absolute atomic E-state index is 0.106. The molecule has 0 amide bonds. The Balaban J connectivity index is 2.70. The van der Waals surface area contributed by atoms with Gasteiger partial charge in [0.2, 0.25) is 11.5 Å². The first-order chi connectivity index (χ1) is 13.8. The van der Waals surface area contributed by atoms with Gasteiger partial charge in [-0.05, 0) is 59.0 Å². The Hall–Kier alpha value is -2.07. The maximum Gasteiger partial charge on any atom is 0.204 e. The number of aliphatic hydroxyl groups excluding tert-OH is 1. The predicted octanol–water partition coefficient (Wildman–Crippen LogP) is 5.66.